The maximum absolute atomic E-state index is 6.01. The summed E-state index contributed by atoms with van der Waals surface area (Å²) in [6, 6.07) is 21.1. The molecule has 2 aromatic carbocycles. The van der Waals surface area contributed by atoms with Crippen molar-refractivity contribution in [2.45, 2.75) is 3.63 Å². The number of benzene rings is 2. The van der Waals surface area contributed by atoms with Crippen LogP contribution in [0.4, 0.5) is 0 Å². The third kappa shape index (κ3) is 2.65. The summed E-state index contributed by atoms with van der Waals surface area (Å²) in [6.45, 7) is 0. The standard InChI is InChI=1S/C13H11.H2N.Zr/c1-3-7-12(8-4-1)11-13-9-5-2-6-10-13;;/h1-11H;1H2;/q;-1;+1. The van der Waals surface area contributed by atoms with Crippen molar-refractivity contribution >= 4 is 0 Å². The number of rotatable bonds is 3. The molecule has 0 aliphatic carbocycles. The van der Waals surface area contributed by atoms with Gasteiger partial charge in [0.25, 0.3) is 0 Å². The predicted octanol–water partition coefficient (Wildman–Crippen LogP) is 2.73. The van der Waals surface area contributed by atoms with E-state index in [0.717, 1.165) is 0 Å². The van der Waals surface area contributed by atoms with Crippen LogP contribution >= 0.6 is 0 Å². The van der Waals surface area contributed by atoms with Crippen LogP contribution in [-0.2, 0) is 23.5 Å². The van der Waals surface area contributed by atoms with Crippen LogP contribution < -0.4 is 3.68 Å². The average molecular weight is 274 g/mol. The van der Waals surface area contributed by atoms with Gasteiger partial charge in [-0.3, -0.25) is 0 Å². The zero-order chi connectivity index (χ0) is 10.5. The van der Waals surface area contributed by atoms with Gasteiger partial charge in [0, 0.05) is 0 Å². The first-order valence-corrected chi connectivity index (χ1v) is 7.81. The molecule has 0 fully saturated rings. The summed E-state index contributed by atoms with van der Waals surface area (Å²) in [4.78, 5) is 0. The summed E-state index contributed by atoms with van der Waals surface area (Å²) < 4.78 is 6.49. The summed E-state index contributed by atoms with van der Waals surface area (Å²) in [5.41, 5.74) is 2.72. The number of hydrogen-bond donors (Lipinski definition) is 1. The van der Waals surface area contributed by atoms with Gasteiger partial charge in [0.15, 0.2) is 0 Å². The van der Waals surface area contributed by atoms with Crippen LogP contribution in [0.25, 0.3) is 0 Å². The van der Waals surface area contributed by atoms with E-state index in [1.807, 2.05) is 12.1 Å². The molecule has 0 saturated heterocycles. The monoisotopic (exact) mass is 273 g/mol. The molecule has 2 rings (SSSR count). The predicted molar refractivity (Wildman–Crippen MR) is 58.9 cm³/mol. The first kappa shape index (κ1) is 10.8. The van der Waals surface area contributed by atoms with Gasteiger partial charge in [0.2, 0.25) is 0 Å². The molecule has 0 aliphatic heterocycles. The van der Waals surface area contributed by atoms with Gasteiger partial charge in [-0.1, -0.05) is 0 Å². The molecule has 0 heterocycles. The SMILES string of the molecule is [NH2][Zr][CH](c1ccccc1)c1ccccc1. The minimum absolute atomic E-state index is 0.482. The third-order valence-electron chi connectivity index (χ3n) is 2.43. The van der Waals surface area contributed by atoms with E-state index in [-0.39, 0.29) is 0 Å². The molecule has 2 heteroatoms. The van der Waals surface area contributed by atoms with Crippen LogP contribution in [0, 0.1) is 0 Å². The summed E-state index contributed by atoms with van der Waals surface area (Å²) >= 11 is -0.841. The second kappa shape index (κ2) is 5.39. The van der Waals surface area contributed by atoms with Gasteiger partial charge in [-0.25, -0.2) is 0 Å². The molecule has 1 nitrogen and oxygen atoms in total. The second-order valence-electron chi connectivity index (χ2n) is 3.42. The summed E-state index contributed by atoms with van der Waals surface area (Å²) in [7, 11) is 0. The Morgan fingerprint density at radius 3 is 1.47 bits per heavy atom. The zero-order valence-corrected chi connectivity index (χ0v) is 10.9. The second-order valence-corrected chi connectivity index (χ2v) is 5.66. The van der Waals surface area contributed by atoms with Crippen LogP contribution in [0.5, 0.6) is 0 Å². The first-order valence-electron chi connectivity index (χ1n) is 4.98. The fourth-order valence-electron chi connectivity index (χ4n) is 1.68. The summed E-state index contributed by atoms with van der Waals surface area (Å²) in [6.07, 6.45) is 0. The topological polar surface area (TPSA) is 26.0 Å². The normalized spacial score (nSPS) is 10.3. The van der Waals surface area contributed by atoms with E-state index in [0.29, 0.717) is 3.63 Å². The van der Waals surface area contributed by atoms with Crippen molar-refractivity contribution in [1.29, 1.82) is 0 Å². The molecule has 0 spiro atoms. The Kier molecular flexibility index (Phi) is 3.88. The van der Waals surface area contributed by atoms with E-state index in [1.165, 1.54) is 11.1 Å². The van der Waals surface area contributed by atoms with Crippen LogP contribution in [0.2, 0.25) is 0 Å². The van der Waals surface area contributed by atoms with Crippen molar-refractivity contribution < 1.29 is 23.5 Å². The van der Waals surface area contributed by atoms with Crippen LogP contribution in [0.1, 0.15) is 14.8 Å². The molecule has 0 aromatic heterocycles. The number of hydrogen-bond acceptors (Lipinski definition) is 1. The first-order chi connectivity index (χ1) is 7.42. The van der Waals surface area contributed by atoms with Gasteiger partial charge < -0.3 is 0 Å². The minimum atomic E-state index is -0.841. The summed E-state index contributed by atoms with van der Waals surface area (Å²) in [5.74, 6) is 0. The Labute approximate surface area is 102 Å². The molecule has 0 amide bonds. The molecule has 2 aromatic rings. The molecule has 0 atom stereocenters. The van der Waals surface area contributed by atoms with E-state index >= 15 is 0 Å². The Morgan fingerprint density at radius 1 is 0.733 bits per heavy atom. The van der Waals surface area contributed by atoms with Gasteiger partial charge in [0.05, 0.1) is 0 Å². The molecule has 2 N–H and O–H groups in total. The molecular formula is C13H13NZr. The zero-order valence-electron chi connectivity index (χ0n) is 8.43. The van der Waals surface area contributed by atoms with Crippen molar-refractivity contribution in [3.63, 3.8) is 0 Å². The molecular weight excluding hydrogens is 261 g/mol. The molecule has 0 unspecified atom stereocenters. The molecule has 0 saturated carbocycles. The molecule has 0 aliphatic rings. The quantitative estimate of drug-likeness (QED) is 0.915. The molecule has 0 radical (unpaired) electrons. The van der Waals surface area contributed by atoms with Crippen LogP contribution in [0.15, 0.2) is 60.7 Å². The number of nitrogens with two attached hydrogens (primary N) is 1. The molecule has 15 heavy (non-hydrogen) atoms. The van der Waals surface area contributed by atoms with Crippen LogP contribution in [-0.4, -0.2) is 0 Å². The van der Waals surface area contributed by atoms with Gasteiger partial charge in [0.1, 0.15) is 0 Å². The summed E-state index contributed by atoms with van der Waals surface area (Å²) in [5, 5.41) is 0. The average Bonchev–Trinajstić information content (AvgIpc) is 2.33. The van der Waals surface area contributed by atoms with Crippen molar-refractivity contribution in [3.8, 4) is 0 Å². The Bertz CT molecular complexity index is 360. The Morgan fingerprint density at radius 2 is 1.13 bits per heavy atom. The van der Waals surface area contributed by atoms with E-state index in [9.17, 15) is 0 Å². The van der Waals surface area contributed by atoms with Gasteiger partial charge in [-0.2, -0.15) is 0 Å². The molecule has 74 valence electrons. The van der Waals surface area contributed by atoms with E-state index in [4.69, 9.17) is 3.68 Å². The van der Waals surface area contributed by atoms with Gasteiger partial charge in [-0.05, 0) is 0 Å². The van der Waals surface area contributed by atoms with Gasteiger partial charge in [-0.15, -0.1) is 0 Å². The van der Waals surface area contributed by atoms with Crippen molar-refractivity contribution in [3.05, 3.63) is 71.8 Å². The Hall–Kier alpha value is -0.717. The van der Waals surface area contributed by atoms with Crippen molar-refractivity contribution in [2.24, 2.45) is 3.68 Å². The van der Waals surface area contributed by atoms with E-state index in [1.54, 1.807) is 0 Å². The van der Waals surface area contributed by atoms with Crippen molar-refractivity contribution in [1.82, 2.24) is 0 Å². The fraction of sp³-hybridized carbons (Fsp3) is 0.0769. The third-order valence-corrected chi connectivity index (χ3v) is 4.89. The Balaban J connectivity index is 2.34. The van der Waals surface area contributed by atoms with E-state index in [2.05, 4.69) is 48.5 Å². The molecule has 0 bridgehead atoms. The van der Waals surface area contributed by atoms with Crippen molar-refractivity contribution in [2.75, 3.05) is 0 Å². The van der Waals surface area contributed by atoms with E-state index < -0.39 is 23.5 Å². The fourth-order valence-corrected chi connectivity index (χ4v) is 3.57. The maximum atomic E-state index is 6.01. The van der Waals surface area contributed by atoms with Crippen LogP contribution in [0.3, 0.4) is 0 Å². The van der Waals surface area contributed by atoms with Gasteiger partial charge >= 0.3 is 103 Å².